The number of aliphatic hydroxyl groups excluding tert-OH is 1. The largest absolute Gasteiger partial charge is 0.392 e. The Labute approximate surface area is 76.4 Å². The van der Waals surface area contributed by atoms with E-state index >= 15 is 0 Å². The van der Waals surface area contributed by atoms with Crippen LogP contribution in [0.3, 0.4) is 0 Å². The zero-order valence-corrected chi connectivity index (χ0v) is 8.64. The lowest BCUT2D eigenvalue weighted by Gasteiger charge is -2.17. The predicted molar refractivity (Wildman–Crippen MR) is 53.3 cm³/mol. The second-order valence-corrected chi connectivity index (χ2v) is 3.36. The van der Waals surface area contributed by atoms with Crippen molar-refractivity contribution < 1.29 is 5.11 Å². The van der Waals surface area contributed by atoms with Gasteiger partial charge in [0.05, 0.1) is 6.10 Å². The van der Waals surface area contributed by atoms with Crippen LogP contribution in [0.2, 0.25) is 0 Å². The van der Waals surface area contributed by atoms with E-state index in [0.29, 0.717) is 6.04 Å². The van der Waals surface area contributed by atoms with Crippen LogP contribution in [-0.4, -0.2) is 23.8 Å². The molecule has 0 saturated heterocycles. The number of rotatable bonds is 7. The van der Waals surface area contributed by atoms with Crippen molar-refractivity contribution in [3.63, 3.8) is 0 Å². The highest BCUT2D eigenvalue weighted by molar-refractivity contribution is 4.66. The highest BCUT2D eigenvalue weighted by atomic mass is 16.3. The van der Waals surface area contributed by atoms with Gasteiger partial charge in [0, 0.05) is 12.6 Å². The quantitative estimate of drug-likeness (QED) is 0.616. The van der Waals surface area contributed by atoms with Gasteiger partial charge in [0.1, 0.15) is 0 Å². The first kappa shape index (κ1) is 11.9. The molecule has 0 aromatic heterocycles. The third kappa shape index (κ3) is 5.56. The van der Waals surface area contributed by atoms with Crippen LogP contribution in [0.4, 0.5) is 0 Å². The van der Waals surface area contributed by atoms with Crippen molar-refractivity contribution in [3.05, 3.63) is 0 Å². The first-order chi connectivity index (χ1) is 5.74. The molecule has 0 aromatic carbocycles. The second kappa shape index (κ2) is 7.56. The van der Waals surface area contributed by atoms with Crippen molar-refractivity contribution in [2.45, 2.75) is 58.6 Å². The molecule has 2 heteroatoms. The third-order valence-electron chi connectivity index (χ3n) is 2.24. The van der Waals surface area contributed by atoms with E-state index in [4.69, 9.17) is 0 Å². The van der Waals surface area contributed by atoms with Crippen LogP contribution in [-0.2, 0) is 0 Å². The maximum atomic E-state index is 9.31. The van der Waals surface area contributed by atoms with Crippen molar-refractivity contribution in [2.75, 3.05) is 6.54 Å². The first-order valence-corrected chi connectivity index (χ1v) is 5.15. The van der Waals surface area contributed by atoms with Gasteiger partial charge >= 0.3 is 0 Å². The topological polar surface area (TPSA) is 32.3 Å². The summed E-state index contributed by atoms with van der Waals surface area (Å²) in [7, 11) is 0. The fourth-order valence-electron chi connectivity index (χ4n) is 1.25. The molecular weight excluding hydrogens is 150 g/mol. The fraction of sp³-hybridized carbons (Fsp3) is 1.00. The van der Waals surface area contributed by atoms with Crippen molar-refractivity contribution in [1.82, 2.24) is 5.32 Å². The van der Waals surface area contributed by atoms with Gasteiger partial charge in [-0.1, -0.05) is 27.2 Å². The van der Waals surface area contributed by atoms with Crippen molar-refractivity contribution >= 4 is 0 Å². The second-order valence-electron chi connectivity index (χ2n) is 3.36. The van der Waals surface area contributed by atoms with Crippen LogP contribution in [0.15, 0.2) is 0 Å². The van der Waals surface area contributed by atoms with Crippen LogP contribution in [0.5, 0.6) is 0 Å². The molecule has 74 valence electrons. The summed E-state index contributed by atoms with van der Waals surface area (Å²) in [5.41, 5.74) is 0. The third-order valence-corrected chi connectivity index (χ3v) is 2.24. The molecule has 2 atom stereocenters. The number of aliphatic hydroxyl groups is 1. The lowest BCUT2D eigenvalue weighted by atomic mass is 10.1. The lowest BCUT2D eigenvalue weighted by Crippen LogP contribution is -2.34. The Hall–Kier alpha value is -0.0800. The summed E-state index contributed by atoms with van der Waals surface area (Å²) in [6.07, 6.45) is 4.26. The Balaban J connectivity index is 3.43. The van der Waals surface area contributed by atoms with Gasteiger partial charge in [-0.3, -0.25) is 0 Å². The molecule has 2 unspecified atom stereocenters. The first-order valence-electron chi connectivity index (χ1n) is 5.15. The summed E-state index contributed by atoms with van der Waals surface area (Å²) < 4.78 is 0. The van der Waals surface area contributed by atoms with Gasteiger partial charge in [-0.15, -0.1) is 0 Å². The predicted octanol–water partition coefficient (Wildman–Crippen LogP) is 1.93. The SMILES string of the molecule is CCCC(CC)NCC(O)CC. The van der Waals surface area contributed by atoms with Crippen LogP contribution >= 0.6 is 0 Å². The van der Waals surface area contributed by atoms with E-state index in [-0.39, 0.29) is 6.10 Å². The van der Waals surface area contributed by atoms with Gasteiger partial charge < -0.3 is 10.4 Å². The fourth-order valence-corrected chi connectivity index (χ4v) is 1.25. The molecule has 0 aliphatic rings. The van der Waals surface area contributed by atoms with Gasteiger partial charge in [-0.2, -0.15) is 0 Å². The average molecular weight is 173 g/mol. The molecule has 0 radical (unpaired) electrons. The molecule has 0 rings (SSSR count). The van der Waals surface area contributed by atoms with E-state index < -0.39 is 0 Å². The zero-order chi connectivity index (χ0) is 9.40. The number of nitrogens with one attached hydrogen (secondary N) is 1. The Morgan fingerprint density at radius 2 is 1.83 bits per heavy atom. The molecule has 2 nitrogen and oxygen atoms in total. The molecule has 2 N–H and O–H groups in total. The van der Waals surface area contributed by atoms with Gasteiger partial charge in [-0.25, -0.2) is 0 Å². The Morgan fingerprint density at radius 3 is 2.25 bits per heavy atom. The van der Waals surface area contributed by atoms with Crippen molar-refractivity contribution in [2.24, 2.45) is 0 Å². The Morgan fingerprint density at radius 1 is 1.17 bits per heavy atom. The number of hydrogen-bond donors (Lipinski definition) is 2. The summed E-state index contributed by atoms with van der Waals surface area (Å²) in [5, 5.41) is 12.7. The van der Waals surface area contributed by atoms with Crippen LogP contribution in [0, 0.1) is 0 Å². The highest BCUT2D eigenvalue weighted by Crippen LogP contribution is 2.01. The smallest absolute Gasteiger partial charge is 0.0662 e. The lowest BCUT2D eigenvalue weighted by molar-refractivity contribution is 0.161. The summed E-state index contributed by atoms with van der Waals surface area (Å²) in [6, 6.07) is 0.594. The molecular formula is C10H23NO. The van der Waals surface area contributed by atoms with E-state index in [1.807, 2.05) is 6.92 Å². The van der Waals surface area contributed by atoms with E-state index in [2.05, 4.69) is 19.2 Å². The van der Waals surface area contributed by atoms with Crippen LogP contribution in [0.1, 0.15) is 46.5 Å². The molecule has 0 aromatic rings. The van der Waals surface area contributed by atoms with Gasteiger partial charge in [0.2, 0.25) is 0 Å². The normalized spacial score (nSPS) is 16.0. The summed E-state index contributed by atoms with van der Waals surface area (Å²) in [4.78, 5) is 0. The Bertz CT molecular complexity index is 95.8. The summed E-state index contributed by atoms with van der Waals surface area (Å²) >= 11 is 0. The van der Waals surface area contributed by atoms with E-state index in [1.54, 1.807) is 0 Å². The summed E-state index contributed by atoms with van der Waals surface area (Å²) in [6.45, 7) is 7.13. The maximum absolute atomic E-state index is 9.31. The summed E-state index contributed by atoms with van der Waals surface area (Å²) in [5.74, 6) is 0. The molecule has 0 fully saturated rings. The van der Waals surface area contributed by atoms with Crippen LogP contribution < -0.4 is 5.32 Å². The average Bonchev–Trinajstić information content (AvgIpc) is 2.11. The minimum atomic E-state index is -0.170. The molecule has 0 aliphatic carbocycles. The minimum Gasteiger partial charge on any atom is -0.392 e. The number of hydrogen-bond acceptors (Lipinski definition) is 2. The molecule has 12 heavy (non-hydrogen) atoms. The Kier molecular flexibility index (Phi) is 7.51. The maximum Gasteiger partial charge on any atom is 0.0662 e. The van der Waals surface area contributed by atoms with Gasteiger partial charge in [0.15, 0.2) is 0 Å². The molecule has 0 aliphatic heterocycles. The molecule has 0 bridgehead atoms. The monoisotopic (exact) mass is 173 g/mol. The zero-order valence-electron chi connectivity index (χ0n) is 8.64. The molecule has 0 amide bonds. The molecule has 0 heterocycles. The molecule has 0 spiro atoms. The highest BCUT2D eigenvalue weighted by Gasteiger charge is 2.06. The standard InChI is InChI=1S/C10H23NO/c1-4-7-9(5-2)11-8-10(12)6-3/h9-12H,4-8H2,1-3H3. The van der Waals surface area contributed by atoms with E-state index in [0.717, 1.165) is 19.4 Å². The van der Waals surface area contributed by atoms with E-state index in [9.17, 15) is 5.11 Å². The minimum absolute atomic E-state index is 0.170. The van der Waals surface area contributed by atoms with Crippen LogP contribution in [0.25, 0.3) is 0 Å². The van der Waals surface area contributed by atoms with Crippen molar-refractivity contribution in [3.8, 4) is 0 Å². The van der Waals surface area contributed by atoms with Gasteiger partial charge in [0.25, 0.3) is 0 Å². The van der Waals surface area contributed by atoms with E-state index in [1.165, 1.54) is 12.8 Å². The molecule has 0 saturated carbocycles. The van der Waals surface area contributed by atoms with Gasteiger partial charge in [-0.05, 0) is 19.3 Å². The van der Waals surface area contributed by atoms with Crippen molar-refractivity contribution in [1.29, 1.82) is 0 Å².